The number of aliphatic hydroxyl groups is 1. The summed E-state index contributed by atoms with van der Waals surface area (Å²) < 4.78 is 5.39. The van der Waals surface area contributed by atoms with E-state index in [-0.39, 0.29) is 5.54 Å². The molecule has 0 spiro atoms. The van der Waals surface area contributed by atoms with Gasteiger partial charge in [-0.15, -0.1) is 0 Å². The third-order valence-electron chi connectivity index (χ3n) is 4.05. The molecule has 3 nitrogen and oxygen atoms in total. The van der Waals surface area contributed by atoms with Crippen LogP contribution in [0.2, 0.25) is 0 Å². The highest BCUT2D eigenvalue weighted by Gasteiger charge is 2.58. The van der Waals surface area contributed by atoms with Crippen molar-refractivity contribution in [3.8, 4) is 0 Å². The van der Waals surface area contributed by atoms with Crippen LogP contribution in [0.1, 0.15) is 46.0 Å². The van der Waals surface area contributed by atoms with Gasteiger partial charge in [0.05, 0.1) is 5.60 Å². The van der Waals surface area contributed by atoms with Gasteiger partial charge in [-0.3, -0.25) is 0 Å². The minimum atomic E-state index is -0.695. The maximum Gasteiger partial charge on any atom is 0.0849 e. The maximum absolute atomic E-state index is 10.7. The van der Waals surface area contributed by atoms with E-state index in [2.05, 4.69) is 13.8 Å². The quantitative estimate of drug-likeness (QED) is 0.693. The number of hydrogen-bond donors (Lipinski definition) is 2. The lowest BCUT2D eigenvalue weighted by Gasteiger charge is -2.58. The molecule has 1 saturated heterocycles. The molecule has 2 rings (SSSR count). The molecule has 1 atom stereocenters. The van der Waals surface area contributed by atoms with Gasteiger partial charge < -0.3 is 15.6 Å². The van der Waals surface area contributed by atoms with Crippen molar-refractivity contribution < 1.29 is 9.84 Å². The van der Waals surface area contributed by atoms with Crippen LogP contribution in [0.3, 0.4) is 0 Å². The summed E-state index contributed by atoms with van der Waals surface area (Å²) in [5.74, 6) is 0. The summed E-state index contributed by atoms with van der Waals surface area (Å²) in [4.78, 5) is 0. The molecule has 0 aromatic carbocycles. The summed E-state index contributed by atoms with van der Waals surface area (Å²) in [5.41, 5.74) is 5.59. The van der Waals surface area contributed by atoms with Crippen molar-refractivity contribution in [1.29, 1.82) is 0 Å². The fraction of sp³-hybridized carbons (Fsp3) is 1.00. The van der Waals surface area contributed by atoms with E-state index in [1.165, 1.54) is 0 Å². The SMILES string of the molecule is CC1(C)CC(N)(C2(O)CCCOCC2)C1. The Morgan fingerprint density at radius 1 is 1.13 bits per heavy atom. The fourth-order valence-corrected chi connectivity index (χ4v) is 3.42. The van der Waals surface area contributed by atoms with E-state index in [4.69, 9.17) is 10.5 Å². The van der Waals surface area contributed by atoms with Crippen LogP contribution >= 0.6 is 0 Å². The zero-order valence-electron chi connectivity index (χ0n) is 9.88. The van der Waals surface area contributed by atoms with E-state index in [1.54, 1.807) is 0 Å². The molecule has 2 aliphatic rings. The smallest absolute Gasteiger partial charge is 0.0849 e. The molecule has 1 aliphatic heterocycles. The molecule has 0 bridgehead atoms. The van der Waals surface area contributed by atoms with Crippen molar-refractivity contribution in [3.63, 3.8) is 0 Å². The van der Waals surface area contributed by atoms with Crippen LogP contribution in [0.4, 0.5) is 0 Å². The second-order valence-electron chi connectivity index (χ2n) is 6.17. The third kappa shape index (κ3) is 1.93. The van der Waals surface area contributed by atoms with E-state index in [0.29, 0.717) is 18.4 Å². The molecule has 15 heavy (non-hydrogen) atoms. The number of hydrogen-bond acceptors (Lipinski definition) is 3. The topological polar surface area (TPSA) is 55.5 Å². The Morgan fingerprint density at radius 2 is 1.80 bits per heavy atom. The molecular weight excluding hydrogens is 190 g/mol. The van der Waals surface area contributed by atoms with Gasteiger partial charge in [0.15, 0.2) is 0 Å². The molecule has 1 heterocycles. The number of nitrogens with two attached hydrogens (primary N) is 1. The van der Waals surface area contributed by atoms with Crippen LogP contribution in [-0.2, 0) is 4.74 Å². The van der Waals surface area contributed by atoms with Gasteiger partial charge in [-0.25, -0.2) is 0 Å². The lowest BCUT2D eigenvalue weighted by molar-refractivity contribution is -0.125. The highest BCUT2D eigenvalue weighted by atomic mass is 16.5. The standard InChI is InChI=1S/C12H23NO2/c1-10(2)8-11(13,9-10)12(14)4-3-6-15-7-5-12/h14H,3-9,13H2,1-2H3. The first-order chi connectivity index (χ1) is 6.87. The molecule has 0 aromatic rings. The largest absolute Gasteiger partial charge is 0.388 e. The van der Waals surface area contributed by atoms with Crippen LogP contribution in [-0.4, -0.2) is 29.5 Å². The third-order valence-corrected chi connectivity index (χ3v) is 4.05. The highest BCUT2D eigenvalue weighted by molar-refractivity contribution is 5.14. The average molecular weight is 213 g/mol. The molecule has 3 heteroatoms. The Hall–Kier alpha value is -0.120. The Morgan fingerprint density at radius 3 is 2.40 bits per heavy atom. The van der Waals surface area contributed by atoms with Crippen molar-refractivity contribution in [2.45, 2.75) is 57.1 Å². The van der Waals surface area contributed by atoms with Crippen LogP contribution in [0.25, 0.3) is 0 Å². The zero-order valence-corrected chi connectivity index (χ0v) is 9.88. The highest BCUT2D eigenvalue weighted by Crippen LogP contribution is 2.53. The monoisotopic (exact) mass is 213 g/mol. The predicted octanol–water partition coefficient (Wildman–Crippen LogP) is 1.44. The first-order valence-electron chi connectivity index (χ1n) is 5.96. The van der Waals surface area contributed by atoms with Crippen LogP contribution < -0.4 is 5.73 Å². The summed E-state index contributed by atoms with van der Waals surface area (Å²) in [6.45, 7) is 5.85. The molecule has 1 aliphatic carbocycles. The number of ether oxygens (including phenoxy) is 1. The van der Waals surface area contributed by atoms with Gasteiger partial charge in [-0.2, -0.15) is 0 Å². The molecule has 3 N–H and O–H groups in total. The van der Waals surface area contributed by atoms with E-state index in [1.807, 2.05) is 0 Å². The average Bonchev–Trinajstić information content (AvgIpc) is 2.27. The van der Waals surface area contributed by atoms with E-state index >= 15 is 0 Å². The van der Waals surface area contributed by atoms with Gasteiger partial charge in [0.1, 0.15) is 0 Å². The second-order valence-corrected chi connectivity index (χ2v) is 6.17. The first-order valence-corrected chi connectivity index (χ1v) is 5.96. The van der Waals surface area contributed by atoms with Crippen molar-refractivity contribution in [2.75, 3.05) is 13.2 Å². The second kappa shape index (κ2) is 3.44. The Labute approximate surface area is 92.0 Å². The van der Waals surface area contributed by atoms with Crippen molar-refractivity contribution in [3.05, 3.63) is 0 Å². The van der Waals surface area contributed by atoms with Crippen LogP contribution in [0.5, 0.6) is 0 Å². The van der Waals surface area contributed by atoms with Gasteiger partial charge in [-0.05, 0) is 31.1 Å². The normalized spacial score (nSPS) is 39.2. The molecule has 2 fully saturated rings. The minimum absolute atomic E-state index is 0.303. The zero-order chi connectivity index (χ0) is 11.2. The van der Waals surface area contributed by atoms with Crippen molar-refractivity contribution in [1.82, 2.24) is 0 Å². The minimum Gasteiger partial charge on any atom is -0.388 e. The summed E-state index contributed by atoms with van der Waals surface area (Å²) >= 11 is 0. The summed E-state index contributed by atoms with van der Waals surface area (Å²) in [6.07, 6.45) is 4.27. The summed E-state index contributed by atoms with van der Waals surface area (Å²) in [5, 5.41) is 10.7. The fourth-order valence-electron chi connectivity index (χ4n) is 3.42. The van der Waals surface area contributed by atoms with Crippen molar-refractivity contribution in [2.24, 2.45) is 11.1 Å². The van der Waals surface area contributed by atoms with Crippen molar-refractivity contribution >= 4 is 0 Å². The molecule has 0 amide bonds. The van der Waals surface area contributed by atoms with Crippen LogP contribution in [0, 0.1) is 5.41 Å². The molecule has 0 radical (unpaired) electrons. The molecule has 1 unspecified atom stereocenters. The van der Waals surface area contributed by atoms with Gasteiger partial charge in [-0.1, -0.05) is 13.8 Å². The lowest BCUT2D eigenvalue weighted by atomic mass is 9.52. The van der Waals surface area contributed by atoms with E-state index < -0.39 is 5.60 Å². The Kier molecular flexibility index (Phi) is 2.61. The van der Waals surface area contributed by atoms with Crippen LogP contribution in [0.15, 0.2) is 0 Å². The van der Waals surface area contributed by atoms with E-state index in [0.717, 1.165) is 32.3 Å². The first kappa shape index (κ1) is 11.4. The maximum atomic E-state index is 10.7. The van der Waals surface area contributed by atoms with Gasteiger partial charge in [0.25, 0.3) is 0 Å². The van der Waals surface area contributed by atoms with Gasteiger partial charge in [0.2, 0.25) is 0 Å². The molecule has 1 saturated carbocycles. The Balaban J connectivity index is 2.08. The summed E-state index contributed by atoms with van der Waals surface area (Å²) in [6, 6.07) is 0. The molecular formula is C12H23NO2. The Bertz CT molecular complexity index is 234. The van der Waals surface area contributed by atoms with E-state index in [9.17, 15) is 5.11 Å². The number of rotatable bonds is 1. The molecule has 0 aromatic heterocycles. The molecule has 88 valence electrons. The van der Waals surface area contributed by atoms with Gasteiger partial charge >= 0.3 is 0 Å². The summed E-state index contributed by atoms with van der Waals surface area (Å²) in [7, 11) is 0. The van der Waals surface area contributed by atoms with Gasteiger partial charge in [0, 0.05) is 25.2 Å². The predicted molar refractivity (Wildman–Crippen MR) is 59.6 cm³/mol. The lowest BCUT2D eigenvalue weighted by Crippen LogP contribution is -2.69.